The highest BCUT2D eigenvalue weighted by molar-refractivity contribution is 6.28. The number of halogens is 1. The number of amides is 3. The first-order chi connectivity index (χ1) is 13.4. The van der Waals surface area contributed by atoms with E-state index in [0.29, 0.717) is 31.7 Å². The summed E-state index contributed by atoms with van der Waals surface area (Å²) in [5.74, 6) is -1.27. The Hall–Kier alpha value is -1.83. The first-order valence-corrected chi connectivity index (χ1v) is 10.6. The third-order valence-electron chi connectivity index (χ3n) is 4.56. The van der Waals surface area contributed by atoms with Crippen molar-refractivity contribution in [3.63, 3.8) is 0 Å². The number of carbonyl (C=O) groups excluding carboxylic acids is 4. The molecule has 166 valence electrons. The topological polar surface area (TPSA) is 114 Å². The lowest BCUT2D eigenvalue weighted by Crippen LogP contribution is -2.53. The quantitative estimate of drug-likeness (QED) is 0.458. The van der Waals surface area contributed by atoms with Gasteiger partial charge in [0.05, 0.1) is 11.9 Å². The van der Waals surface area contributed by atoms with Crippen molar-refractivity contribution in [2.75, 3.05) is 12.4 Å². The van der Waals surface area contributed by atoms with Crippen molar-refractivity contribution in [2.24, 2.45) is 11.8 Å². The molecule has 3 N–H and O–H groups in total. The highest BCUT2D eigenvalue weighted by Crippen LogP contribution is 2.18. The predicted octanol–water partition coefficient (Wildman–Crippen LogP) is 2.13. The molecule has 0 bridgehead atoms. The fourth-order valence-corrected chi connectivity index (χ4v) is 3.20. The van der Waals surface area contributed by atoms with Gasteiger partial charge in [-0.05, 0) is 52.4 Å². The SMILES string of the molecule is CC(C)CC[C@H](NC(=O)OC(C)(C)C)C(=O)N[C@@H](CC1CCNC1=O)C(=O)CCl. The zero-order valence-corrected chi connectivity index (χ0v) is 18.7. The van der Waals surface area contributed by atoms with Crippen LogP contribution in [0.4, 0.5) is 4.79 Å². The van der Waals surface area contributed by atoms with E-state index >= 15 is 0 Å². The molecule has 1 saturated heterocycles. The van der Waals surface area contributed by atoms with Gasteiger partial charge in [0, 0.05) is 12.5 Å². The number of rotatable bonds is 10. The van der Waals surface area contributed by atoms with Crippen LogP contribution < -0.4 is 16.0 Å². The van der Waals surface area contributed by atoms with E-state index in [1.807, 2.05) is 13.8 Å². The minimum atomic E-state index is -0.879. The van der Waals surface area contributed by atoms with Crippen molar-refractivity contribution >= 4 is 35.3 Å². The van der Waals surface area contributed by atoms with E-state index in [1.54, 1.807) is 20.8 Å². The van der Waals surface area contributed by atoms with Crippen molar-refractivity contribution in [2.45, 2.75) is 78.0 Å². The van der Waals surface area contributed by atoms with Crippen LogP contribution >= 0.6 is 11.6 Å². The smallest absolute Gasteiger partial charge is 0.408 e. The lowest BCUT2D eigenvalue weighted by atomic mass is 9.95. The molecular weight excluding hydrogens is 398 g/mol. The Bertz CT molecular complexity index is 603. The molecule has 0 saturated carbocycles. The van der Waals surface area contributed by atoms with Gasteiger partial charge in [0.1, 0.15) is 11.6 Å². The van der Waals surface area contributed by atoms with E-state index in [-0.39, 0.29) is 29.9 Å². The lowest BCUT2D eigenvalue weighted by molar-refractivity contribution is -0.129. The molecule has 1 aliphatic rings. The van der Waals surface area contributed by atoms with Gasteiger partial charge in [-0.25, -0.2) is 4.79 Å². The van der Waals surface area contributed by atoms with Crippen molar-refractivity contribution in [1.82, 2.24) is 16.0 Å². The summed E-state index contributed by atoms with van der Waals surface area (Å²) in [7, 11) is 0. The van der Waals surface area contributed by atoms with Crippen molar-refractivity contribution < 1.29 is 23.9 Å². The summed E-state index contributed by atoms with van der Waals surface area (Å²) in [6.45, 7) is 9.78. The molecule has 0 aromatic rings. The molecule has 1 fully saturated rings. The van der Waals surface area contributed by atoms with Crippen LogP contribution in [-0.2, 0) is 19.1 Å². The van der Waals surface area contributed by atoms with E-state index in [4.69, 9.17) is 16.3 Å². The number of nitrogens with one attached hydrogen (secondary N) is 3. The predicted molar refractivity (Wildman–Crippen MR) is 111 cm³/mol. The Kier molecular flexibility index (Phi) is 9.89. The molecule has 0 radical (unpaired) electrons. The third-order valence-corrected chi connectivity index (χ3v) is 4.82. The standard InChI is InChI=1S/C20H34ClN3O5/c1-12(2)6-7-14(24-19(28)29-20(3,4)5)18(27)23-15(16(25)11-21)10-13-8-9-22-17(13)26/h12-15H,6-11H2,1-5H3,(H,22,26)(H,23,27)(H,24,28)/t13?,14-,15-/m0/s1. The van der Waals surface area contributed by atoms with E-state index in [0.717, 1.165) is 0 Å². The van der Waals surface area contributed by atoms with E-state index in [9.17, 15) is 19.2 Å². The summed E-state index contributed by atoms with van der Waals surface area (Å²) >= 11 is 5.70. The highest BCUT2D eigenvalue weighted by Gasteiger charge is 2.33. The molecule has 8 nitrogen and oxygen atoms in total. The molecule has 0 aromatic heterocycles. The van der Waals surface area contributed by atoms with Crippen LogP contribution in [0.1, 0.15) is 60.3 Å². The molecule has 3 atom stereocenters. The molecule has 0 aromatic carbocycles. The number of Topliss-reactive ketones (excluding diaryl/α,β-unsaturated/α-hetero) is 1. The fourth-order valence-electron chi connectivity index (χ4n) is 3.01. The van der Waals surface area contributed by atoms with Crippen LogP contribution in [0.2, 0.25) is 0 Å². The number of carbonyl (C=O) groups is 4. The summed E-state index contributed by atoms with van der Waals surface area (Å²) in [5, 5.41) is 8.00. The number of alkyl carbamates (subject to hydrolysis) is 1. The number of hydrogen-bond acceptors (Lipinski definition) is 5. The number of ketones is 1. The minimum absolute atomic E-state index is 0.130. The second-order valence-corrected chi connectivity index (χ2v) is 9.11. The van der Waals surface area contributed by atoms with E-state index < -0.39 is 29.7 Å². The van der Waals surface area contributed by atoms with Crippen LogP contribution in [0.25, 0.3) is 0 Å². The van der Waals surface area contributed by atoms with Gasteiger partial charge in [-0.1, -0.05) is 13.8 Å². The zero-order chi connectivity index (χ0) is 22.2. The van der Waals surface area contributed by atoms with E-state index in [1.165, 1.54) is 0 Å². The molecule has 1 aliphatic heterocycles. The van der Waals surface area contributed by atoms with Crippen LogP contribution in [0.3, 0.4) is 0 Å². The molecule has 1 unspecified atom stereocenters. The largest absolute Gasteiger partial charge is 0.444 e. The summed E-state index contributed by atoms with van der Waals surface area (Å²) < 4.78 is 5.25. The Morgan fingerprint density at radius 1 is 1.17 bits per heavy atom. The van der Waals surface area contributed by atoms with Crippen LogP contribution in [0, 0.1) is 11.8 Å². The Morgan fingerprint density at radius 3 is 2.31 bits per heavy atom. The second kappa shape index (κ2) is 11.4. The molecule has 9 heteroatoms. The van der Waals surface area contributed by atoms with Gasteiger partial charge >= 0.3 is 6.09 Å². The van der Waals surface area contributed by atoms with Gasteiger partial charge in [-0.15, -0.1) is 11.6 Å². The zero-order valence-electron chi connectivity index (χ0n) is 18.0. The van der Waals surface area contributed by atoms with Crippen molar-refractivity contribution in [3.8, 4) is 0 Å². The summed E-state index contributed by atoms with van der Waals surface area (Å²) in [6.07, 6.45) is 1.19. The Morgan fingerprint density at radius 2 is 1.83 bits per heavy atom. The average Bonchev–Trinajstić information content (AvgIpc) is 3.00. The maximum Gasteiger partial charge on any atom is 0.408 e. The third kappa shape index (κ3) is 9.47. The Labute approximate surface area is 177 Å². The molecule has 0 spiro atoms. The van der Waals surface area contributed by atoms with Crippen molar-refractivity contribution in [1.29, 1.82) is 0 Å². The average molecular weight is 432 g/mol. The van der Waals surface area contributed by atoms with Gasteiger partial charge in [0.15, 0.2) is 5.78 Å². The monoisotopic (exact) mass is 431 g/mol. The highest BCUT2D eigenvalue weighted by atomic mass is 35.5. The first-order valence-electron chi connectivity index (χ1n) is 10.1. The lowest BCUT2D eigenvalue weighted by Gasteiger charge is -2.26. The normalized spacial score (nSPS) is 18.7. The van der Waals surface area contributed by atoms with Gasteiger partial charge in [-0.2, -0.15) is 0 Å². The van der Waals surface area contributed by atoms with Gasteiger partial charge in [0.2, 0.25) is 11.8 Å². The molecular formula is C20H34ClN3O5. The molecule has 1 rings (SSSR count). The Balaban J connectivity index is 2.85. The van der Waals surface area contributed by atoms with Crippen LogP contribution in [-0.4, -0.2) is 53.8 Å². The van der Waals surface area contributed by atoms with Gasteiger partial charge < -0.3 is 20.7 Å². The van der Waals surface area contributed by atoms with Crippen LogP contribution in [0.15, 0.2) is 0 Å². The summed E-state index contributed by atoms with van der Waals surface area (Å²) in [4.78, 5) is 49.1. The molecule has 1 heterocycles. The summed E-state index contributed by atoms with van der Waals surface area (Å²) in [6, 6.07) is -1.73. The maximum absolute atomic E-state index is 12.9. The second-order valence-electron chi connectivity index (χ2n) is 8.84. The van der Waals surface area contributed by atoms with Crippen molar-refractivity contribution in [3.05, 3.63) is 0 Å². The van der Waals surface area contributed by atoms with Crippen LogP contribution in [0.5, 0.6) is 0 Å². The number of alkyl halides is 1. The molecule has 29 heavy (non-hydrogen) atoms. The molecule has 3 amide bonds. The fraction of sp³-hybridized carbons (Fsp3) is 0.800. The summed E-state index contributed by atoms with van der Waals surface area (Å²) in [5.41, 5.74) is -0.698. The number of hydrogen-bond donors (Lipinski definition) is 3. The minimum Gasteiger partial charge on any atom is -0.444 e. The maximum atomic E-state index is 12.9. The van der Waals surface area contributed by atoms with Gasteiger partial charge in [0.25, 0.3) is 0 Å². The molecule has 0 aliphatic carbocycles. The number of ether oxygens (including phenoxy) is 1. The van der Waals surface area contributed by atoms with E-state index in [2.05, 4.69) is 16.0 Å². The first kappa shape index (κ1) is 25.2. The van der Waals surface area contributed by atoms with Gasteiger partial charge in [-0.3, -0.25) is 14.4 Å².